The van der Waals surface area contributed by atoms with Crippen LogP contribution in [0.2, 0.25) is 0 Å². The van der Waals surface area contributed by atoms with E-state index in [0.717, 1.165) is 6.07 Å². The molecule has 1 rings (SSSR count). The quantitative estimate of drug-likeness (QED) is 0.739. The molecule has 92 valence electrons. The number of halogens is 2. The Morgan fingerprint density at radius 2 is 1.88 bits per heavy atom. The van der Waals surface area contributed by atoms with E-state index in [2.05, 4.69) is 6.58 Å². The van der Waals surface area contributed by atoms with Gasteiger partial charge >= 0.3 is 5.97 Å². The van der Waals surface area contributed by atoms with Crippen molar-refractivity contribution in [3.05, 3.63) is 41.5 Å². The number of ether oxygens (including phenoxy) is 1. The van der Waals surface area contributed by atoms with Gasteiger partial charge in [-0.2, -0.15) is 0 Å². The number of benzene rings is 1. The zero-order valence-corrected chi connectivity index (χ0v) is 10.0. The van der Waals surface area contributed by atoms with Gasteiger partial charge in [0.05, 0.1) is 5.56 Å². The summed E-state index contributed by atoms with van der Waals surface area (Å²) in [5, 5.41) is 0. The molecule has 17 heavy (non-hydrogen) atoms. The second-order valence-electron chi connectivity index (χ2n) is 4.56. The maximum atomic E-state index is 13.4. The molecule has 0 aliphatic rings. The smallest absolute Gasteiger partial charge is 0.341 e. The predicted octanol–water partition coefficient (Wildman–Crippen LogP) is 3.56. The number of hydrogen-bond acceptors (Lipinski definition) is 2. The molecule has 2 nitrogen and oxygen atoms in total. The van der Waals surface area contributed by atoms with Crippen molar-refractivity contribution in [1.29, 1.82) is 0 Å². The normalized spacial score (nSPS) is 11.1. The van der Waals surface area contributed by atoms with Crippen LogP contribution in [0.4, 0.5) is 8.78 Å². The molecule has 0 saturated carbocycles. The van der Waals surface area contributed by atoms with Crippen LogP contribution in [0.25, 0.3) is 6.08 Å². The van der Waals surface area contributed by atoms with Gasteiger partial charge in [0.25, 0.3) is 0 Å². The van der Waals surface area contributed by atoms with E-state index in [1.165, 1.54) is 6.08 Å². The average Bonchev–Trinajstić information content (AvgIpc) is 2.14. The highest BCUT2D eigenvalue weighted by atomic mass is 19.1. The third-order valence-corrected chi connectivity index (χ3v) is 1.93. The highest BCUT2D eigenvalue weighted by molar-refractivity contribution is 5.90. The fourth-order valence-corrected chi connectivity index (χ4v) is 1.21. The summed E-state index contributed by atoms with van der Waals surface area (Å²) in [5.41, 5.74) is -0.963. The third-order valence-electron chi connectivity index (χ3n) is 1.93. The molecule has 0 aliphatic heterocycles. The summed E-state index contributed by atoms with van der Waals surface area (Å²) in [7, 11) is 0. The third kappa shape index (κ3) is 3.37. The van der Waals surface area contributed by atoms with Gasteiger partial charge in [0.2, 0.25) is 0 Å². The van der Waals surface area contributed by atoms with Crippen LogP contribution < -0.4 is 0 Å². The molecular weight excluding hydrogens is 226 g/mol. The van der Waals surface area contributed by atoms with E-state index in [1.54, 1.807) is 20.8 Å². The minimum atomic E-state index is -0.942. The Labute approximate surface area is 98.9 Å². The van der Waals surface area contributed by atoms with E-state index in [0.29, 0.717) is 6.07 Å². The molecule has 0 fully saturated rings. The Morgan fingerprint density at radius 3 is 2.35 bits per heavy atom. The van der Waals surface area contributed by atoms with Crippen molar-refractivity contribution in [3.8, 4) is 0 Å². The van der Waals surface area contributed by atoms with Gasteiger partial charge in [0.15, 0.2) is 0 Å². The molecular formula is C13H14F2O2. The summed E-state index contributed by atoms with van der Waals surface area (Å²) in [6.45, 7) is 8.38. The Morgan fingerprint density at radius 1 is 1.29 bits per heavy atom. The average molecular weight is 240 g/mol. The maximum Gasteiger partial charge on any atom is 0.341 e. The Hall–Kier alpha value is -1.71. The fraction of sp³-hybridized carbons (Fsp3) is 0.308. The van der Waals surface area contributed by atoms with E-state index >= 15 is 0 Å². The zero-order chi connectivity index (χ0) is 13.2. The van der Waals surface area contributed by atoms with Crippen LogP contribution >= 0.6 is 0 Å². The highest BCUT2D eigenvalue weighted by Gasteiger charge is 2.21. The van der Waals surface area contributed by atoms with E-state index in [-0.39, 0.29) is 11.1 Å². The van der Waals surface area contributed by atoms with E-state index in [1.807, 2.05) is 0 Å². The molecule has 0 atom stereocenters. The molecule has 0 bridgehead atoms. The molecule has 0 saturated heterocycles. The minimum Gasteiger partial charge on any atom is -0.456 e. The van der Waals surface area contributed by atoms with Crippen molar-refractivity contribution in [3.63, 3.8) is 0 Å². The number of rotatable bonds is 2. The number of carbonyl (C=O) groups excluding carboxylic acids is 1. The van der Waals surface area contributed by atoms with Gasteiger partial charge in [-0.1, -0.05) is 12.7 Å². The highest BCUT2D eigenvalue weighted by Crippen LogP contribution is 2.19. The van der Waals surface area contributed by atoms with E-state index in [4.69, 9.17) is 4.74 Å². The standard InChI is InChI=1S/C13H14F2O2/c1-5-8-6-9(11(15)7-10(8)14)12(16)17-13(2,3)4/h5-7H,1H2,2-4H3. The largest absolute Gasteiger partial charge is 0.456 e. The molecule has 0 heterocycles. The summed E-state index contributed by atoms with van der Waals surface area (Å²) in [6, 6.07) is 1.74. The molecule has 0 unspecified atom stereocenters. The molecule has 0 spiro atoms. The number of hydrogen-bond donors (Lipinski definition) is 0. The molecule has 0 aromatic heterocycles. The van der Waals surface area contributed by atoms with Gasteiger partial charge < -0.3 is 4.74 Å². The Balaban J connectivity index is 3.14. The first-order valence-electron chi connectivity index (χ1n) is 5.09. The van der Waals surface area contributed by atoms with Crippen molar-refractivity contribution in [1.82, 2.24) is 0 Å². The van der Waals surface area contributed by atoms with Crippen LogP contribution in [0.3, 0.4) is 0 Å². The second kappa shape index (κ2) is 4.65. The van der Waals surface area contributed by atoms with Crippen LogP contribution in [-0.4, -0.2) is 11.6 Å². The van der Waals surface area contributed by atoms with Crippen LogP contribution in [0, 0.1) is 11.6 Å². The SMILES string of the molecule is C=Cc1cc(C(=O)OC(C)(C)C)c(F)cc1F. The fourth-order valence-electron chi connectivity index (χ4n) is 1.21. The Bertz CT molecular complexity index is 459. The number of carbonyl (C=O) groups is 1. The summed E-state index contributed by atoms with van der Waals surface area (Å²) in [6.07, 6.45) is 1.21. The molecule has 4 heteroatoms. The van der Waals surface area contributed by atoms with Gasteiger partial charge in [0.1, 0.15) is 17.2 Å². The van der Waals surface area contributed by atoms with Crippen molar-refractivity contribution in [2.24, 2.45) is 0 Å². The van der Waals surface area contributed by atoms with Crippen molar-refractivity contribution >= 4 is 12.0 Å². The minimum absolute atomic E-state index is 0.0623. The summed E-state index contributed by atoms with van der Waals surface area (Å²) >= 11 is 0. The van der Waals surface area contributed by atoms with Gasteiger partial charge in [-0.25, -0.2) is 13.6 Å². The monoisotopic (exact) mass is 240 g/mol. The summed E-state index contributed by atoms with van der Waals surface area (Å²) < 4.78 is 31.6. The topological polar surface area (TPSA) is 26.3 Å². The molecule has 0 N–H and O–H groups in total. The maximum absolute atomic E-state index is 13.4. The van der Waals surface area contributed by atoms with Gasteiger partial charge in [0, 0.05) is 11.6 Å². The van der Waals surface area contributed by atoms with Crippen molar-refractivity contribution < 1.29 is 18.3 Å². The van der Waals surface area contributed by atoms with Crippen LogP contribution in [0.15, 0.2) is 18.7 Å². The van der Waals surface area contributed by atoms with E-state index < -0.39 is 23.2 Å². The Kier molecular flexibility index (Phi) is 3.66. The molecule has 0 aliphatic carbocycles. The molecule has 0 amide bonds. The van der Waals surface area contributed by atoms with Crippen LogP contribution in [-0.2, 0) is 4.74 Å². The van der Waals surface area contributed by atoms with Crippen LogP contribution in [0.1, 0.15) is 36.7 Å². The lowest BCUT2D eigenvalue weighted by Gasteiger charge is -2.19. The lowest BCUT2D eigenvalue weighted by atomic mass is 10.1. The van der Waals surface area contributed by atoms with Gasteiger partial charge in [-0.3, -0.25) is 0 Å². The number of esters is 1. The van der Waals surface area contributed by atoms with Crippen molar-refractivity contribution in [2.75, 3.05) is 0 Å². The van der Waals surface area contributed by atoms with E-state index in [9.17, 15) is 13.6 Å². The van der Waals surface area contributed by atoms with Crippen LogP contribution in [0.5, 0.6) is 0 Å². The van der Waals surface area contributed by atoms with Gasteiger partial charge in [-0.15, -0.1) is 0 Å². The summed E-state index contributed by atoms with van der Waals surface area (Å²) in [5.74, 6) is -2.52. The lowest BCUT2D eigenvalue weighted by molar-refractivity contribution is 0.00646. The zero-order valence-electron chi connectivity index (χ0n) is 10.0. The summed E-state index contributed by atoms with van der Waals surface area (Å²) in [4.78, 5) is 11.6. The first-order valence-corrected chi connectivity index (χ1v) is 5.09. The van der Waals surface area contributed by atoms with Crippen molar-refractivity contribution in [2.45, 2.75) is 26.4 Å². The molecule has 0 radical (unpaired) electrons. The predicted molar refractivity (Wildman–Crippen MR) is 61.6 cm³/mol. The first kappa shape index (κ1) is 13.4. The van der Waals surface area contributed by atoms with Gasteiger partial charge in [-0.05, 0) is 26.8 Å². The first-order chi connectivity index (χ1) is 7.74. The second-order valence-corrected chi connectivity index (χ2v) is 4.56. The molecule has 1 aromatic rings. The lowest BCUT2D eigenvalue weighted by Crippen LogP contribution is -2.24. The molecule has 1 aromatic carbocycles.